The Morgan fingerprint density at radius 2 is 1.94 bits per heavy atom. The van der Waals surface area contributed by atoms with Gasteiger partial charge in [-0.3, -0.25) is 9.78 Å². The van der Waals surface area contributed by atoms with Crippen LogP contribution in [-0.2, 0) is 11.3 Å². The van der Waals surface area contributed by atoms with Crippen LogP contribution in [0, 0.1) is 26.7 Å². The van der Waals surface area contributed by atoms with Crippen LogP contribution in [0.5, 0.6) is 0 Å². The minimum atomic E-state index is -0.108. The summed E-state index contributed by atoms with van der Waals surface area (Å²) in [6.07, 6.45) is 5.28. The maximum atomic E-state index is 12.9. The Kier molecular flexibility index (Phi) is 5.96. The molecule has 1 saturated heterocycles. The third-order valence-corrected chi connectivity index (χ3v) is 6.54. The van der Waals surface area contributed by atoms with Crippen molar-refractivity contribution in [2.75, 3.05) is 18.0 Å². The molecule has 1 N–H and O–H groups in total. The topological polar surface area (TPSA) is 88.8 Å². The van der Waals surface area contributed by atoms with Crippen molar-refractivity contribution in [3.63, 3.8) is 0 Å². The number of hydrogen-bond acceptors (Lipinski definition) is 6. The lowest BCUT2D eigenvalue weighted by Crippen LogP contribution is -2.43. The van der Waals surface area contributed by atoms with Crippen molar-refractivity contribution in [1.82, 2.24) is 30.3 Å². The second-order valence-electron chi connectivity index (χ2n) is 9.03. The fraction of sp³-hybridized carbons (Fsp3) is 0.346. The summed E-state index contributed by atoms with van der Waals surface area (Å²) < 4.78 is 1.96. The standard InChI is InChI=1S/C26H29N7O/c1-17-8-10-22(11-9-17)33-19(3)23-18(2)29-30-25(24(23)31-33)32-13-5-7-21(16-32)26(34)28-15-20-6-4-12-27-14-20/h4,6,8-12,14,21H,5,7,13,15-16H2,1-3H3,(H,28,34). The van der Waals surface area contributed by atoms with E-state index in [4.69, 9.17) is 5.10 Å². The number of nitrogens with one attached hydrogen (secondary N) is 1. The SMILES string of the molecule is Cc1ccc(-n2nc3c(N4CCCC(C(=O)NCc5cccnc5)C4)nnc(C)c3c2C)cc1. The van der Waals surface area contributed by atoms with Crippen LogP contribution in [0.15, 0.2) is 48.8 Å². The molecule has 4 aromatic rings. The third-order valence-electron chi connectivity index (χ3n) is 6.54. The highest BCUT2D eigenvalue weighted by molar-refractivity contribution is 5.92. The van der Waals surface area contributed by atoms with Gasteiger partial charge >= 0.3 is 0 Å². The van der Waals surface area contributed by atoms with Crippen LogP contribution in [0.25, 0.3) is 16.6 Å². The molecule has 4 heterocycles. The number of benzene rings is 1. The van der Waals surface area contributed by atoms with Crippen LogP contribution >= 0.6 is 0 Å². The quantitative estimate of drug-likeness (QED) is 0.494. The van der Waals surface area contributed by atoms with Crippen LogP contribution in [0.4, 0.5) is 5.82 Å². The second kappa shape index (κ2) is 9.21. The van der Waals surface area contributed by atoms with E-state index in [1.165, 1.54) is 5.56 Å². The zero-order valence-corrected chi connectivity index (χ0v) is 19.8. The summed E-state index contributed by atoms with van der Waals surface area (Å²) in [6, 6.07) is 12.2. The van der Waals surface area contributed by atoms with Crippen molar-refractivity contribution in [3.8, 4) is 5.69 Å². The van der Waals surface area contributed by atoms with E-state index < -0.39 is 0 Å². The molecule has 0 radical (unpaired) electrons. The number of aryl methyl sites for hydroxylation is 3. The fourth-order valence-corrected chi connectivity index (χ4v) is 4.68. The Labute approximate surface area is 199 Å². The molecule has 1 aliphatic rings. The van der Waals surface area contributed by atoms with Crippen molar-refractivity contribution < 1.29 is 4.79 Å². The Morgan fingerprint density at radius 1 is 1.12 bits per heavy atom. The molecule has 0 bridgehead atoms. The molecule has 1 aromatic carbocycles. The van der Waals surface area contributed by atoms with Gasteiger partial charge in [0.1, 0.15) is 5.52 Å². The number of carbonyl (C=O) groups excluding carboxylic acids is 1. The molecule has 0 spiro atoms. The number of piperidine rings is 1. The van der Waals surface area contributed by atoms with E-state index in [1.807, 2.05) is 23.7 Å². The fourth-order valence-electron chi connectivity index (χ4n) is 4.68. The van der Waals surface area contributed by atoms with Gasteiger partial charge in [-0.15, -0.1) is 5.10 Å². The number of pyridine rings is 1. The van der Waals surface area contributed by atoms with E-state index in [2.05, 4.69) is 63.5 Å². The van der Waals surface area contributed by atoms with E-state index in [0.29, 0.717) is 13.1 Å². The first-order valence-corrected chi connectivity index (χ1v) is 11.7. The van der Waals surface area contributed by atoms with Crippen LogP contribution in [0.3, 0.4) is 0 Å². The highest BCUT2D eigenvalue weighted by Crippen LogP contribution is 2.31. The maximum Gasteiger partial charge on any atom is 0.225 e. The molecule has 0 saturated carbocycles. The predicted molar refractivity (Wildman–Crippen MR) is 132 cm³/mol. The van der Waals surface area contributed by atoms with E-state index in [9.17, 15) is 4.79 Å². The van der Waals surface area contributed by atoms with Gasteiger partial charge < -0.3 is 10.2 Å². The number of carbonyl (C=O) groups is 1. The van der Waals surface area contributed by atoms with Crippen LogP contribution < -0.4 is 10.2 Å². The number of fused-ring (bicyclic) bond motifs is 1. The van der Waals surface area contributed by atoms with E-state index in [-0.39, 0.29) is 11.8 Å². The average Bonchev–Trinajstić information content (AvgIpc) is 3.22. The molecule has 3 aromatic heterocycles. The molecule has 1 aliphatic heterocycles. The van der Waals surface area contributed by atoms with Gasteiger partial charge in [0, 0.05) is 32.0 Å². The maximum absolute atomic E-state index is 12.9. The Balaban J connectivity index is 1.41. The normalized spacial score (nSPS) is 16.1. The molecule has 8 nitrogen and oxygen atoms in total. The zero-order valence-electron chi connectivity index (χ0n) is 19.8. The largest absolute Gasteiger partial charge is 0.352 e. The van der Waals surface area contributed by atoms with Crippen molar-refractivity contribution in [2.24, 2.45) is 5.92 Å². The van der Waals surface area contributed by atoms with Crippen LogP contribution in [0.1, 0.15) is 35.4 Å². The van der Waals surface area contributed by atoms with E-state index in [1.54, 1.807) is 12.4 Å². The monoisotopic (exact) mass is 455 g/mol. The lowest BCUT2D eigenvalue weighted by atomic mass is 9.97. The minimum absolute atomic E-state index is 0.0613. The van der Waals surface area contributed by atoms with Gasteiger partial charge in [-0.1, -0.05) is 23.8 Å². The van der Waals surface area contributed by atoms with Crippen molar-refractivity contribution in [2.45, 2.75) is 40.2 Å². The number of nitrogens with zero attached hydrogens (tertiary/aromatic N) is 6. The molecular formula is C26H29N7O. The molecule has 1 amide bonds. The molecule has 0 aliphatic carbocycles. The Hall–Kier alpha value is -3.81. The highest BCUT2D eigenvalue weighted by atomic mass is 16.1. The first-order valence-electron chi connectivity index (χ1n) is 11.7. The third kappa shape index (κ3) is 4.23. The second-order valence-corrected chi connectivity index (χ2v) is 9.03. The molecule has 8 heteroatoms. The number of rotatable bonds is 5. The van der Waals surface area contributed by atoms with Gasteiger partial charge in [0.15, 0.2) is 5.82 Å². The molecule has 34 heavy (non-hydrogen) atoms. The first-order chi connectivity index (χ1) is 16.5. The van der Waals surface area contributed by atoms with Crippen molar-refractivity contribution in [1.29, 1.82) is 0 Å². The van der Waals surface area contributed by atoms with Gasteiger partial charge in [-0.2, -0.15) is 10.2 Å². The lowest BCUT2D eigenvalue weighted by Gasteiger charge is -2.32. The van der Waals surface area contributed by atoms with Crippen molar-refractivity contribution >= 4 is 22.6 Å². The Bertz CT molecular complexity index is 1310. The summed E-state index contributed by atoms with van der Waals surface area (Å²) in [6.45, 7) is 8.03. The smallest absolute Gasteiger partial charge is 0.225 e. The van der Waals surface area contributed by atoms with Crippen LogP contribution in [-0.4, -0.2) is 44.0 Å². The first kappa shape index (κ1) is 22.0. The summed E-state index contributed by atoms with van der Waals surface area (Å²) in [7, 11) is 0. The van der Waals surface area contributed by atoms with Crippen LogP contribution in [0.2, 0.25) is 0 Å². The lowest BCUT2D eigenvalue weighted by molar-refractivity contribution is -0.125. The number of anilines is 1. The van der Waals surface area contributed by atoms with Gasteiger partial charge in [0.05, 0.1) is 28.4 Å². The molecule has 1 fully saturated rings. The van der Waals surface area contributed by atoms with Gasteiger partial charge in [0.25, 0.3) is 0 Å². The molecular weight excluding hydrogens is 426 g/mol. The zero-order chi connectivity index (χ0) is 23.7. The average molecular weight is 456 g/mol. The van der Waals surface area contributed by atoms with Gasteiger partial charge in [0.2, 0.25) is 5.91 Å². The molecule has 174 valence electrons. The summed E-state index contributed by atoms with van der Waals surface area (Å²) in [5.41, 5.74) is 5.94. The summed E-state index contributed by atoms with van der Waals surface area (Å²) in [5.74, 6) is 0.703. The van der Waals surface area contributed by atoms with Gasteiger partial charge in [-0.05, 0) is 57.4 Å². The van der Waals surface area contributed by atoms with Gasteiger partial charge in [-0.25, -0.2) is 4.68 Å². The summed E-state index contributed by atoms with van der Waals surface area (Å²) in [4.78, 5) is 19.2. The minimum Gasteiger partial charge on any atom is -0.352 e. The summed E-state index contributed by atoms with van der Waals surface area (Å²) >= 11 is 0. The highest BCUT2D eigenvalue weighted by Gasteiger charge is 2.29. The van der Waals surface area contributed by atoms with E-state index in [0.717, 1.165) is 58.7 Å². The number of amides is 1. The summed E-state index contributed by atoms with van der Waals surface area (Å²) in [5, 5.41) is 18.0. The number of aromatic nitrogens is 5. The Morgan fingerprint density at radius 3 is 2.71 bits per heavy atom. The number of hydrogen-bond donors (Lipinski definition) is 1. The molecule has 1 unspecified atom stereocenters. The van der Waals surface area contributed by atoms with E-state index >= 15 is 0 Å². The van der Waals surface area contributed by atoms with Crippen molar-refractivity contribution in [3.05, 3.63) is 71.3 Å². The molecule has 1 atom stereocenters. The predicted octanol–water partition coefficient (Wildman–Crippen LogP) is 3.67. The molecule has 5 rings (SSSR count).